The number of halogens is 3. The molecule has 2 rings (SSSR count). The molecule has 1 saturated heterocycles. The Kier molecular flexibility index (Phi) is 6.34. The second-order valence-corrected chi connectivity index (χ2v) is 6.21. The zero-order valence-corrected chi connectivity index (χ0v) is 14.3. The van der Waals surface area contributed by atoms with Gasteiger partial charge in [-0.1, -0.05) is 6.07 Å². The molecular weight excluding hydrogens is 321 g/mol. The summed E-state index contributed by atoms with van der Waals surface area (Å²) in [7, 11) is 0. The number of rotatable bonds is 6. The molecule has 1 fully saturated rings. The molecule has 0 amide bonds. The second-order valence-electron chi connectivity index (χ2n) is 6.21. The SMILES string of the molecule is CCOc1cc(CN2CC(C)NCC2C)ccc1OCC(F)(F)F. The van der Waals surface area contributed by atoms with Crippen LogP contribution in [-0.4, -0.2) is 49.5 Å². The second kappa shape index (κ2) is 8.07. The van der Waals surface area contributed by atoms with Crippen molar-refractivity contribution in [3.05, 3.63) is 23.8 Å². The van der Waals surface area contributed by atoms with Gasteiger partial charge in [0, 0.05) is 31.7 Å². The molecule has 136 valence electrons. The fourth-order valence-corrected chi connectivity index (χ4v) is 2.75. The van der Waals surface area contributed by atoms with Crippen molar-refractivity contribution in [2.45, 2.75) is 45.6 Å². The van der Waals surface area contributed by atoms with Crippen LogP contribution in [0.4, 0.5) is 13.2 Å². The lowest BCUT2D eigenvalue weighted by molar-refractivity contribution is -0.153. The van der Waals surface area contributed by atoms with E-state index in [9.17, 15) is 13.2 Å². The third kappa shape index (κ3) is 5.56. The Bertz CT molecular complexity index is 537. The Morgan fingerprint density at radius 1 is 1.21 bits per heavy atom. The van der Waals surface area contributed by atoms with Gasteiger partial charge in [0.2, 0.25) is 0 Å². The van der Waals surface area contributed by atoms with Crippen LogP contribution in [0.5, 0.6) is 11.5 Å². The quantitative estimate of drug-likeness (QED) is 0.858. The van der Waals surface area contributed by atoms with Gasteiger partial charge in [0.1, 0.15) is 0 Å². The molecule has 24 heavy (non-hydrogen) atoms. The Hall–Kier alpha value is -1.47. The highest BCUT2D eigenvalue weighted by atomic mass is 19.4. The van der Waals surface area contributed by atoms with Crippen LogP contribution in [0.25, 0.3) is 0 Å². The van der Waals surface area contributed by atoms with Gasteiger partial charge in [-0.2, -0.15) is 13.2 Å². The van der Waals surface area contributed by atoms with Crippen LogP contribution in [0.1, 0.15) is 26.3 Å². The average molecular weight is 346 g/mol. The molecule has 0 aliphatic carbocycles. The molecule has 1 aromatic rings. The van der Waals surface area contributed by atoms with Crippen molar-refractivity contribution in [1.82, 2.24) is 10.2 Å². The molecule has 0 saturated carbocycles. The number of benzene rings is 1. The maximum atomic E-state index is 12.3. The minimum atomic E-state index is -4.37. The van der Waals surface area contributed by atoms with Crippen LogP contribution in [0.2, 0.25) is 0 Å². The summed E-state index contributed by atoms with van der Waals surface area (Å²) in [6.45, 7) is 7.71. The van der Waals surface area contributed by atoms with Crippen molar-refractivity contribution in [3.63, 3.8) is 0 Å². The molecule has 1 aromatic carbocycles. The number of alkyl halides is 3. The van der Waals surface area contributed by atoms with E-state index in [1.54, 1.807) is 25.1 Å². The van der Waals surface area contributed by atoms with Gasteiger partial charge in [0.15, 0.2) is 18.1 Å². The normalized spacial score (nSPS) is 22.4. The summed E-state index contributed by atoms with van der Waals surface area (Å²) in [6.07, 6.45) is -4.37. The first-order valence-corrected chi connectivity index (χ1v) is 8.21. The molecule has 1 aliphatic rings. The van der Waals surface area contributed by atoms with Crippen molar-refractivity contribution < 1.29 is 22.6 Å². The Labute approximate surface area is 140 Å². The molecule has 0 aromatic heterocycles. The lowest BCUT2D eigenvalue weighted by atomic mass is 10.1. The molecule has 2 atom stereocenters. The summed E-state index contributed by atoms with van der Waals surface area (Å²) in [4.78, 5) is 2.35. The lowest BCUT2D eigenvalue weighted by Crippen LogP contribution is -2.53. The smallest absolute Gasteiger partial charge is 0.422 e. The lowest BCUT2D eigenvalue weighted by Gasteiger charge is -2.37. The summed E-state index contributed by atoms with van der Waals surface area (Å²) in [5.74, 6) is 0.481. The van der Waals surface area contributed by atoms with Crippen molar-refractivity contribution in [3.8, 4) is 11.5 Å². The van der Waals surface area contributed by atoms with Gasteiger partial charge in [-0.05, 0) is 38.5 Å². The van der Waals surface area contributed by atoms with E-state index in [1.807, 2.05) is 0 Å². The fraction of sp³-hybridized carbons (Fsp3) is 0.647. The number of nitrogens with zero attached hydrogens (tertiary/aromatic N) is 1. The average Bonchev–Trinajstić information content (AvgIpc) is 2.49. The predicted octanol–water partition coefficient (Wildman–Crippen LogP) is 3.21. The van der Waals surface area contributed by atoms with Gasteiger partial charge in [-0.3, -0.25) is 4.90 Å². The third-order valence-electron chi connectivity index (χ3n) is 3.98. The molecule has 1 aliphatic heterocycles. The first-order chi connectivity index (χ1) is 11.3. The summed E-state index contributed by atoms with van der Waals surface area (Å²) < 4.78 is 47.4. The first kappa shape index (κ1) is 18.9. The van der Waals surface area contributed by atoms with Gasteiger partial charge in [-0.15, -0.1) is 0 Å². The van der Waals surface area contributed by atoms with E-state index in [0.29, 0.717) is 24.4 Å². The Morgan fingerprint density at radius 2 is 1.96 bits per heavy atom. The van der Waals surface area contributed by atoms with Gasteiger partial charge in [0.25, 0.3) is 0 Å². The van der Waals surface area contributed by atoms with Crippen molar-refractivity contribution >= 4 is 0 Å². The van der Waals surface area contributed by atoms with Crippen molar-refractivity contribution in [2.75, 3.05) is 26.3 Å². The van der Waals surface area contributed by atoms with Crippen LogP contribution >= 0.6 is 0 Å². The van der Waals surface area contributed by atoms with Gasteiger partial charge in [-0.25, -0.2) is 0 Å². The van der Waals surface area contributed by atoms with Gasteiger partial charge < -0.3 is 14.8 Å². The zero-order chi connectivity index (χ0) is 17.7. The predicted molar refractivity (Wildman–Crippen MR) is 86.5 cm³/mol. The molecule has 1 N–H and O–H groups in total. The number of hydrogen-bond acceptors (Lipinski definition) is 4. The van der Waals surface area contributed by atoms with E-state index in [4.69, 9.17) is 9.47 Å². The van der Waals surface area contributed by atoms with E-state index in [-0.39, 0.29) is 5.75 Å². The highest BCUT2D eigenvalue weighted by molar-refractivity contribution is 5.43. The minimum Gasteiger partial charge on any atom is -0.490 e. The van der Waals surface area contributed by atoms with Gasteiger partial charge in [0.05, 0.1) is 6.61 Å². The largest absolute Gasteiger partial charge is 0.490 e. The first-order valence-electron chi connectivity index (χ1n) is 8.21. The number of piperazine rings is 1. The molecule has 2 unspecified atom stereocenters. The highest BCUT2D eigenvalue weighted by Gasteiger charge is 2.29. The Balaban J connectivity index is 2.09. The van der Waals surface area contributed by atoms with Crippen molar-refractivity contribution in [1.29, 1.82) is 0 Å². The van der Waals surface area contributed by atoms with Crippen LogP contribution in [0.15, 0.2) is 18.2 Å². The summed E-state index contributed by atoms with van der Waals surface area (Å²) in [6, 6.07) is 5.95. The molecule has 0 spiro atoms. The van der Waals surface area contributed by atoms with E-state index in [1.165, 1.54) is 0 Å². The van der Waals surface area contributed by atoms with Gasteiger partial charge >= 0.3 is 6.18 Å². The van der Waals surface area contributed by atoms with Crippen LogP contribution in [0, 0.1) is 0 Å². The number of nitrogens with one attached hydrogen (secondary N) is 1. The van der Waals surface area contributed by atoms with Crippen LogP contribution in [0.3, 0.4) is 0 Å². The summed E-state index contributed by atoms with van der Waals surface area (Å²) in [5.41, 5.74) is 0.999. The molecule has 0 radical (unpaired) electrons. The molecule has 7 heteroatoms. The van der Waals surface area contributed by atoms with Crippen molar-refractivity contribution in [2.24, 2.45) is 0 Å². The maximum absolute atomic E-state index is 12.3. The Morgan fingerprint density at radius 3 is 2.62 bits per heavy atom. The minimum absolute atomic E-state index is 0.125. The molecule has 4 nitrogen and oxygen atoms in total. The molecule has 0 bridgehead atoms. The number of ether oxygens (including phenoxy) is 2. The van der Waals surface area contributed by atoms with E-state index in [2.05, 4.69) is 24.1 Å². The fourth-order valence-electron chi connectivity index (χ4n) is 2.75. The summed E-state index contributed by atoms with van der Waals surface area (Å²) >= 11 is 0. The van der Waals surface area contributed by atoms with E-state index in [0.717, 1.165) is 25.2 Å². The van der Waals surface area contributed by atoms with E-state index < -0.39 is 12.8 Å². The van der Waals surface area contributed by atoms with E-state index >= 15 is 0 Å². The van der Waals surface area contributed by atoms with Crippen LogP contribution in [-0.2, 0) is 6.54 Å². The highest BCUT2D eigenvalue weighted by Crippen LogP contribution is 2.31. The third-order valence-corrected chi connectivity index (χ3v) is 3.98. The number of hydrogen-bond donors (Lipinski definition) is 1. The summed E-state index contributed by atoms with van der Waals surface area (Å²) in [5, 5.41) is 3.43. The maximum Gasteiger partial charge on any atom is 0.422 e. The molecule has 1 heterocycles. The standard InChI is InChI=1S/C17H25F3N2O2/c1-4-23-16-7-14(5-6-15(16)24-11-17(18,19)20)10-22-9-12(2)21-8-13(22)3/h5-7,12-13,21H,4,8-11H2,1-3H3. The monoisotopic (exact) mass is 346 g/mol. The zero-order valence-electron chi connectivity index (χ0n) is 14.3. The topological polar surface area (TPSA) is 33.7 Å². The molecular formula is C17H25F3N2O2. The van der Waals surface area contributed by atoms with Crippen LogP contribution < -0.4 is 14.8 Å².